The Bertz CT molecular complexity index is 416. The summed E-state index contributed by atoms with van der Waals surface area (Å²) in [6, 6.07) is 5.36. The lowest BCUT2D eigenvalue weighted by Crippen LogP contribution is -2.36. The summed E-state index contributed by atoms with van der Waals surface area (Å²) in [7, 11) is 0. The van der Waals surface area contributed by atoms with Gasteiger partial charge >= 0.3 is 0 Å². The van der Waals surface area contributed by atoms with Crippen LogP contribution in [0.1, 0.15) is 38.1 Å². The second kappa shape index (κ2) is 6.28. The maximum absolute atomic E-state index is 12.3. The van der Waals surface area contributed by atoms with Crippen LogP contribution in [0.4, 0.5) is 5.69 Å². The Kier molecular flexibility index (Phi) is 5.01. The molecule has 0 saturated carbocycles. The summed E-state index contributed by atoms with van der Waals surface area (Å²) in [4.78, 5) is 14.1. The number of rotatable bonds is 5. The Morgan fingerprint density at radius 2 is 2.06 bits per heavy atom. The van der Waals surface area contributed by atoms with Gasteiger partial charge in [0.05, 0.1) is 12.3 Å². The third-order valence-electron chi connectivity index (χ3n) is 2.78. The first-order valence-electron chi connectivity index (χ1n) is 6.34. The van der Waals surface area contributed by atoms with Crippen LogP contribution in [0.5, 0.6) is 5.75 Å². The number of carbonyl (C=O) groups excluding carboxylic acids is 1. The van der Waals surface area contributed by atoms with Crippen LogP contribution in [0.15, 0.2) is 18.2 Å². The first kappa shape index (κ1) is 14.4. The quantitative estimate of drug-likeness (QED) is 0.817. The van der Waals surface area contributed by atoms with Gasteiger partial charge in [-0.05, 0) is 45.9 Å². The van der Waals surface area contributed by atoms with Gasteiger partial charge in [-0.15, -0.1) is 0 Å². The molecule has 0 spiro atoms. The molecule has 1 aromatic rings. The van der Waals surface area contributed by atoms with Crippen molar-refractivity contribution in [2.75, 3.05) is 18.9 Å². The van der Waals surface area contributed by atoms with Gasteiger partial charge in [0.2, 0.25) is 0 Å². The van der Waals surface area contributed by atoms with E-state index in [9.17, 15) is 4.79 Å². The zero-order valence-corrected chi connectivity index (χ0v) is 11.6. The van der Waals surface area contributed by atoms with Gasteiger partial charge in [-0.25, -0.2) is 0 Å². The van der Waals surface area contributed by atoms with Crippen LogP contribution < -0.4 is 10.5 Å². The maximum atomic E-state index is 12.3. The molecule has 0 fully saturated rings. The zero-order chi connectivity index (χ0) is 13.7. The smallest absolute Gasteiger partial charge is 0.254 e. The number of hydrogen-bond donors (Lipinski definition) is 1. The molecular formula is C14H22N2O2. The lowest BCUT2D eigenvalue weighted by Gasteiger charge is -2.25. The van der Waals surface area contributed by atoms with Crippen molar-refractivity contribution in [3.05, 3.63) is 23.8 Å². The van der Waals surface area contributed by atoms with Gasteiger partial charge in [0, 0.05) is 18.2 Å². The Labute approximate surface area is 109 Å². The molecule has 0 atom stereocenters. The van der Waals surface area contributed by atoms with E-state index in [1.54, 1.807) is 23.1 Å². The SMILES string of the molecule is CCOc1ccc(C(=O)N(CC)C(C)C)cc1N. The van der Waals surface area contributed by atoms with E-state index in [0.29, 0.717) is 30.2 Å². The maximum Gasteiger partial charge on any atom is 0.254 e. The molecule has 18 heavy (non-hydrogen) atoms. The number of nitrogens with zero attached hydrogens (tertiary/aromatic N) is 1. The summed E-state index contributed by atoms with van der Waals surface area (Å²) < 4.78 is 5.36. The Morgan fingerprint density at radius 1 is 1.39 bits per heavy atom. The van der Waals surface area contributed by atoms with E-state index in [1.165, 1.54) is 0 Å². The van der Waals surface area contributed by atoms with E-state index in [4.69, 9.17) is 10.5 Å². The molecule has 2 N–H and O–H groups in total. The highest BCUT2D eigenvalue weighted by atomic mass is 16.5. The van der Waals surface area contributed by atoms with Gasteiger partial charge < -0.3 is 15.4 Å². The monoisotopic (exact) mass is 250 g/mol. The largest absolute Gasteiger partial charge is 0.492 e. The molecule has 0 bridgehead atoms. The van der Waals surface area contributed by atoms with E-state index in [0.717, 1.165) is 0 Å². The Morgan fingerprint density at radius 3 is 2.50 bits per heavy atom. The van der Waals surface area contributed by atoms with Gasteiger partial charge in [0.25, 0.3) is 5.91 Å². The highest BCUT2D eigenvalue weighted by molar-refractivity contribution is 5.95. The molecule has 0 heterocycles. The average Bonchev–Trinajstić information content (AvgIpc) is 2.32. The Hall–Kier alpha value is -1.71. The Balaban J connectivity index is 2.96. The van der Waals surface area contributed by atoms with Gasteiger partial charge in [-0.2, -0.15) is 0 Å². The standard InChI is InChI=1S/C14H22N2O2/c1-5-16(10(3)4)14(17)11-7-8-13(18-6-2)12(15)9-11/h7-10H,5-6,15H2,1-4H3. The minimum Gasteiger partial charge on any atom is -0.492 e. The molecule has 0 saturated heterocycles. The highest BCUT2D eigenvalue weighted by Gasteiger charge is 2.17. The molecule has 0 unspecified atom stereocenters. The lowest BCUT2D eigenvalue weighted by molar-refractivity contribution is 0.0717. The minimum absolute atomic E-state index is 0.00208. The van der Waals surface area contributed by atoms with Gasteiger partial charge in [-0.3, -0.25) is 4.79 Å². The predicted octanol–water partition coefficient (Wildman–Crippen LogP) is 2.54. The minimum atomic E-state index is 0.00208. The second-order valence-electron chi connectivity index (χ2n) is 4.37. The van der Waals surface area contributed by atoms with Crippen molar-refractivity contribution in [1.82, 2.24) is 4.90 Å². The number of amides is 1. The summed E-state index contributed by atoms with van der Waals surface area (Å²) in [6.45, 7) is 9.11. The lowest BCUT2D eigenvalue weighted by atomic mass is 10.1. The van der Waals surface area contributed by atoms with E-state index < -0.39 is 0 Å². The van der Waals surface area contributed by atoms with Crippen LogP contribution >= 0.6 is 0 Å². The molecule has 0 aliphatic carbocycles. The fourth-order valence-corrected chi connectivity index (χ4v) is 1.88. The van der Waals surface area contributed by atoms with Crippen LogP contribution in [0.3, 0.4) is 0 Å². The fourth-order valence-electron chi connectivity index (χ4n) is 1.88. The number of hydrogen-bond acceptors (Lipinski definition) is 3. The van der Waals surface area contributed by atoms with Crippen molar-refractivity contribution in [1.29, 1.82) is 0 Å². The molecule has 4 nitrogen and oxygen atoms in total. The molecule has 100 valence electrons. The molecule has 0 radical (unpaired) electrons. The molecule has 0 aromatic heterocycles. The van der Waals surface area contributed by atoms with Crippen molar-refractivity contribution in [3.8, 4) is 5.75 Å². The van der Waals surface area contributed by atoms with Crippen molar-refractivity contribution in [2.24, 2.45) is 0 Å². The second-order valence-corrected chi connectivity index (χ2v) is 4.37. The third-order valence-corrected chi connectivity index (χ3v) is 2.78. The van der Waals surface area contributed by atoms with E-state index >= 15 is 0 Å². The number of carbonyl (C=O) groups is 1. The van der Waals surface area contributed by atoms with Gasteiger partial charge in [-0.1, -0.05) is 0 Å². The average molecular weight is 250 g/mol. The summed E-state index contributed by atoms with van der Waals surface area (Å²) in [5.41, 5.74) is 6.97. The number of nitrogens with two attached hydrogens (primary N) is 1. The van der Waals surface area contributed by atoms with E-state index in [1.807, 2.05) is 27.7 Å². The number of anilines is 1. The van der Waals surface area contributed by atoms with Crippen molar-refractivity contribution < 1.29 is 9.53 Å². The van der Waals surface area contributed by atoms with Crippen molar-refractivity contribution in [3.63, 3.8) is 0 Å². The molecule has 4 heteroatoms. The third kappa shape index (κ3) is 3.15. The normalized spacial score (nSPS) is 10.5. The first-order chi connectivity index (χ1) is 8.51. The summed E-state index contributed by atoms with van der Waals surface area (Å²) in [5.74, 6) is 0.629. The van der Waals surface area contributed by atoms with Gasteiger partial charge in [0.15, 0.2) is 0 Å². The molecule has 0 aliphatic heterocycles. The predicted molar refractivity (Wildman–Crippen MR) is 73.9 cm³/mol. The van der Waals surface area contributed by atoms with Gasteiger partial charge in [0.1, 0.15) is 5.75 Å². The van der Waals surface area contributed by atoms with Crippen molar-refractivity contribution in [2.45, 2.75) is 33.7 Å². The van der Waals surface area contributed by atoms with Crippen molar-refractivity contribution >= 4 is 11.6 Å². The summed E-state index contributed by atoms with van der Waals surface area (Å²) in [5, 5.41) is 0. The number of benzene rings is 1. The molecule has 0 aliphatic rings. The summed E-state index contributed by atoms with van der Waals surface area (Å²) in [6.07, 6.45) is 0. The molecule has 1 rings (SSSR count). The molecule has 1 aromatic carbocycles. The molecule has 1 amide bonds. The topological polar surface area (TPSA) is 55.6 Å². The fraction of sp³-hybridized carbons (Fsp3) is 0.500. The number of ether oxygens (including phenoxy) is 1. The highest BCUT2D eigenvalue weighted by Crippen LogP contribution is 2.23. The van der Waals surface area contributed by atoms with Crippen LogP contribution in [0.25, 0.3) is 0 Å². The van der Waals surface area contributed by atoms with Crippen LogP contribution in [0.2, 0.25) is 0 Å². The van der Waals surface area contributed by atoms with Crippen LogP contribution in [-0.2, 0) is 0 Å². The van der Waals surface area contributed by atoms with Crippen LogP contribution in [-0.4, -0.2) is 30.0 Å². The number of nitrogen functional groups attached to an aromatic ring is 1. The molecular weight excluding hydrogens is 228 g/mol. The first-order valence-corrected chi connectivity index (χ1v) is 6.34. The van der Waals surface area contributed by atoms with E-state index in [2.05, 4.69) is 0 Å². The van der Waals surface area contributed by atoms with E-state index in [-0.39, 0.29) is 11.9 Å². The zero-order valence-electron chi connectivity index (χ0n) is 11.6. The van der Waals surface area contributed by atoms with Crippen LogP contribution in [0, 0.1) is 0 Å². The summed E-state index contributed by atoms with van der Waals surface area (Å²) >= 11 is 0.